The number of aliphatic hydroxyl groups is 1. The summed E-state index contributed by atoms with van der Waals surface area (Å²) in [5.74, 6) is -2.94. The second-order valence-corrected chi connectivity index (χ2v) is 9.87. The van der Waals surface area contributed by atoms with E-state index < -0.39 is 36.3 Å². The molecule has 1 aromatic carbocycles. The Kier molecular flexibility index (Phi) is 12.0. The van der Waals surface area contributed by atoms with Gasteiger partial charge in [0.15, 0.2) is 6.10 Å². The summed E-state index contributed by atoms with van der Waals surface area (Å²) in [6, 6.07) is 4.63. The molecule has 14 nitrogen and oxygen atoms in total. The molecule has 2 heterocycles. The Bertz CT molecular complexity index is 1200. The summed E-state index contributed by atoms with van der Waals surface area (Å²) < 4.78 is 16.2. The molecule has 0 aliphatic carbocycles. The van der Waals surface area contributed by atoms with Crippen molar-refractivity contribution in [3.05, 3.63) is 35.9 Å². The molecule has 1 aromatic rings. The zero-order chi connectivity index (χ0) is 30.6. The molecule has 3 atom stereocenters. The molecule has 0 bridgehead atoms. The second kappa shape index (κ2) is 15.6. The van der Waals surface area contributed by atoms with E-state index in [9.17, 15) is 39.0 Å². The van der Waals surface area contributed by atoms with Crippen LogP contribution in [0.5, 0.6) is 5.75 Å². The molecule has 4 amide bonds. The van der Waals surface area contributed by atoms with Gasteiger partial charge in [0.1, 0.15) is 12.4 Å². The number of carboxylic acid groups (broad SMARTS) is 1. The number of rotatable bonds is 15. The van der Waals surface area contributed by atoms with E-state index in [2.05, 4.69) is 10.6 Å². The summed E-state index contributed by atoms with van der Waals surface area (Å²) in [6.45, 7) is 1.56. The van der Waals surface area contributed by atoms with Crippen LogP contribution in [0.3, 0.4) is 0 Å². The molecule has 4 N–H and O–H groups in total. The van der Waals surface area contributed by atoms with Gasteiger partial charge in [0.05, 0.1) is 11.8 Å². The van der Waals surface area contributed by atoms with E-state index >= 15 is 0 Å². The van der Waals surface area contributed by atoms with Crippen LogP contribution in [0.4, 0.5) is 5.69 Å². The van der Waals surface area contributed by atoms with Gasteiger partial charge >= 0.3 is 11.9 Å². The fourth-order valence-electron chi connectivity index (χ4n) is 4.29. The number of imide groups is 1. The summed E-state index contributed by atoms with van der Waals surface area (Å²) in [5, 5.41) is 24.7. The van der Waals surface area contributed by atoms with Crippen LogP contribution >= 0.6 is 0 Å². The standard InChI is InChI=1S/C28H35N3O11/c1-17(32)40-16-18-6-7-21(41-27-15-19(33)14-22(42-27)28(38)39)20(13-18)30-24(35)10-11-29-23(34)5-3-2-4-12-31-25(36)8-9-26(31)37/h6-9,13,19,22,27,33H,2-5,10-12,14-16H2,1H3,(H,29,34)(H,30,35)(H,38,39). The molecule has 228 valence electrons. The highest BCUT2D eigenvalue weighted by Gasteiger charge is 2.34. The highest BCUT2D eigenvalue weighted by Crippen LogP contribution is 2.30. The average Bonchev–Trinajstić information content (AvgIpc) is 3.24. The van der Waals surface area contributed by atoms with E-state index in [1.807, 2.05) is 0 Å². The predicted octanol–water partition coefficient (Wildman–Crippen LogP) is 1.01. The lowest BCUT2D eigenvalue weighted by Crippen LogP contribution is -2.42. The van der Waals surface area contributed by atoms with Crippen LogP contribution in [0.25, 0.3) is 0 Å². The summed E-state index contributed by atoms with van der Waals surface area (Å²) >= 11 is 0. The lowest BCUT2D eigenvalue weighted by molar-refractivity contribution is -0.195. The number of benzene rings is 1. The lowest BCUT2D eigenvalue weighted by atomic mass is 10.1. The number of amides is 4. The number of aliphatic carboxylic acids is 1. The first kappa shape index (κ1) is 32.2. The zero-order valence-corrected chi connectivity index (χ0v) is 23.2. The van der Waals surface area contributed by atoms with Gasteiger partial charge in [-0.3, -0.25) is 28.9 Å². The maximum Gasteiger partial charge on any atom is 0.333 e. The van der Waals surface area contributed by atoms with Crippen molar-refractivity contribution < 1.29 is 53.2 Å². The van der Waals surface area contributed by atoms with E-state index in [0.717, 1.165) is 4.90 Å². The van der Waals surface area contributed by atoms with Crippen molar-refractivity contribution in [3.63, 3.8) is 0 Å². The normalized spacial score (nSPS) is 19.9. The van der Waals surface area contributed by atoms with E-state index in [1.165, 1.54) is 31.2 Å². The number of unbranched alkanes of at least 4 members (excludes halogenated alkanes) is 2. The minimum absolute atomic E-state index is 0.0180. The molecule has 0 saturated carbocycles. The minimum Gasteiger partial charge on any atom is -0.479 e. The average molecular weight is 590 g/mol. The fourth-order valence-corrected chi connectivity index (χ4v) is 4.29. The number of aliphatic hydroxyl groups excluding tert-OH is 1. The van der Waals surface area contributed by atoms with Crippen molar-refractivity contribution in [2.45, 2.75) is 77.0 Å². The monoisotopic (exact) mass is 589 g/mol. The van der Waals surface area contributed by atoms with Crippen molar-refractivity contribution in [2.75, 3.05) is 18.4 Å². The summed E-state index contributed by atoms with van der Waals surface area (Å²) in [6.07, 6.45) is 1.05. The van der Waals surface area contributed by atoms with Crippen LogP contribution in [0, 0.1) is 0 Å². The van der Waals surface area contributed by atoms with Gasteiger partial charge in [0, 0.05) is 57.8 Å². The van der Waals surface area contributed by atoms with Crippen LogP contribution in [-0.4, -0.2) is 82.3 Å². The van der Waals surface area contributed by atoms with Gasteiger partial charge in [-0.1, -0.05) is 12.5 Å². The third-order valence-corrected chi connectivity index (χ3v) is 6.42. The zero-order valence-electron chi connectivity index (χ0n) is 23.2. The number of nitrogens with zero attached hydrogens (tertiary/aromatic N) is 1. The molecule has 3 unspecified atom stereocenters. The van der Waals surface area contributed by atoms with Crippen LogP contribution in [0.1, 0.15) is 57.4 Å². The Labute approximate surface area is 242 Å². The maximum atomic E-state index is 12.7. The van der Waals surface area contributed by atoms with Crippen molar-refractivity contribution in [1.29, 1.82) is 0 Å². The summed E-state index contributed by atoms with van der Waals surface area (Å²) in [7, 11) is 0. The van der Waals surface area contributed by atoms with Crippen molar-refractivity contribution >= 4 is 41.3 Å². The van der Waals surface area contributed by atoms with E-state index in [4.69, 9.17) is 14.2 Å². The van der Waals surface area contributed by atoms with E-state index in [1.54, 1.807) is 6.07 Å². The van der Waals surface area contributed by atoms with Crippen LogP contribution < -0.4 is 15.4 Å². The van der Waals surface area contributed by atoms with Crippen LogP contribution in [0.15, 0.2) is 30.4 Å². The fraction of sp³-hybridized carbons (Fsp3) is 0.500. The summed E-state index contributed by atoms with van der Waals surface area (Å²) in [5.41, 5.74) is 0.751. The van der Waals surface area contributed by atoms with Crippen molar-refractivity contribution in [3.8, 4) is 5.75 Å². The van der Waals surface area contributed by atoms with Crippen molar-refractivity contribution in [2.24, 2.45) is 0 Å². The van der Waals surface area contributed by atoms with Crippen molar-refractivity contribution in [1.82, 2.24) is 10.2 Å². The lowest BCUT2D eigenvalue weighted by Gasteiger charge is -2.31. The number of carbonyl (C=O) groups is 6. The molecular weight excluding hydrogens is 554 g/mol. The highest BCUT2D eigenvalue weighted by atomic mass is 16.7. The van der Waals surface area contributed by atoms with Gasteiger partial charge in [-0.2, -0.15) is 0 Å². The Morgan fingerprint density at radius 3 is 2.45 bits per heavy atom. The molecule has 0 radical (unpaired) electrons. The van der Waals surface area contributed by atoms with Gasteiger partial charge in [0.2, 0.25) is 18.1 Å². The molecule has 3 rings (SSSR count). The smallest absolute Gasteiger partial charge is 0.333 e. The molecule has 1 saturated heterocycles. The number of ether oxygens (including phenoxy) is 3. The Balaban J connectivity index is 1.47. The largest absolute Gasteiger partial charge is 0.479 e. The molecular formula is C28H35N3O11. The van der Waals surface area contributed by atoms with Gasteiger partial charge in [-0.05, 0) is 30.5 Å². The molecule has 14 heteroatoms. The maximum absolute atomic E-state index is 12.7. The summed E-state index contributed by atoms with van der Waals surface area (Å²) in [4.78, 5) is 71.6. The van der Waals surface area contributed by atoms with E-state index in [0.29, 0.717) is 31.4 Å². The number of hydrogen-bond donors (Lipinski definition) is 4. The molecule has 1 fully saturated rings. The first-order chi connectivity index (χ1) is 20.0. The second-order valence-electron chi connectivity index (χ2n) is 9.87. The Hall–Kier alpha value is -4.30. The molecule has 0 aromatic heterocycles. The topological polar surface area (TPSA) is 198 Å². The number of esters is 1. The Morgan fingerprint density at radius 2 is 1.76 bits per heavy atom. The Morgan fingerprint density at radius 1 is 1.02 bits per heavy atom. The van der Waals surface area contributed by atoms with E-state index in [-0.39, 0.29) is 68.0 Å². The van der Waals surface area contributed by atoms with Gasteiger partial charge in [-0.25, -0.2) is 4.79 Å². The first-order valence-corrected chi connectivity index (χ1v) is 13.6. The van der Waals surface area contributed by atoms with Gasteiger partial charge in [0.25, 0.3) is 11.8 Å². The number of nitrogens with one attached hydrogen (secondary N) is 2. The van der Waals surface area contributed by atoms with Crippen LogP contribution in [0.2, 0.25) is 0 Å². The number of carbonyl (C=O) groups excluding carboxylic acids is 5. The quantitative estimate of drug-likeness (QED) is 0.129. The van der Waals surface area contributed by atoms with Crippen LogP contribution in [-0.2, 0) is 44.8 Å². The molecule has 2 aliphatic rings. The SMILES string of the molecule is CC(=O)OCc1ccc(OC2CC(O)CC(C(=O)O)O2)c(NC(=O)CCNC(=O)CCCCCN2C(=O)C=CC2=O)c1. The van der Waals surface area contributed by atoms with Gasteiger partial charge < -0.3 is 35.1 Å². The minimum atomic E-state index is -1.25. The number of hydrogen-bond acceptors (Lipinski definition) is 10. The number of anilines is 1. The molecule has 0 spiro atoms. The van der Waals surface area contributed by atoms with Gasteiger partial charge in [-0.15, -0.1) is 0 Å². The predicted molar refractivity (Wildman–Crippen MR) is 145 cm³/mol. The first-order valence-electron chi connectivity index (χ1n) is 13.6. The molecule has 2 aliphatic heterocycles. The third-order valence-electron chi connectivity index (χ3n) is 6.42. The molecule has 42 heavy (non-hydrogen) atoms. The number of carboxylic acids is 1. The highest BCUT2D eigenvalue weighted by molar-refractivity contribution is 6.12. The third kappa shape index (κ3) is 10.3.